The van der Waals surface area contributed by atoms with Crippen LogP contribution >= 0.6 is 0 Å². The minimum atomic E-state index is -0.270. The molecule has 0 saturated carbocycles. The van der Waals surface area contributed by atoms with Gasteiger partial charge >= 0.3 is 5.97 Å². The molecule has 2 aromatic rings. The van der Waals surface area contributed by atoms with Crippen LogP contribution in [0.4, 0.5) is 5.69 Å². The Labute approximate surface area is 172 Å². The van der Waals surface area contributed by atoms with Gasteiger partial charge in [0.25, 0.3) is 0 Å². The molecule has 29 heavy (non-hydrogen) atoms. The first-order valence-electron chi connectivity index (χ1n) is 10.5. The predicted molar refractivity (Wildman–Crippen MR) is 116 cm³/mol. The average Bonchev–Trinajstić information content (AvgIpc) is 3.22. The van der Waals surface area contributed by atoms with Crippen molar-refractivity contribution in [3.05, 3.63) is 71.3 Å². The van der Waals surface area contributed by atoms with Gasteiger partial charge in [0.1, 0.15) is 5.75 Å². The number of para-hydroxylation sites is 1. The number of hydrogen-bond acceptors (Lipinski definition) is 4. The van der Waals surface area contributed by atoms with Crippen LogP contribution in [0.1, 0.15) is 60.6 Å². The summed E-state index contributed by atoms with van der Waals surface area (Å²) in [5.41, 5.74) is 3.92. The van der Waals surface area contributed by atoms with E-state index in [2.05, 4.69) is 49.5 Å². The quantitative estimate of drug-likeness (QED) is 0.505. The lowest BCUT2D eigenvalue weighted by atomic mass is 9.76. The fourth-order valence-electron chi connectivity index (χ4n) is 4.36. The molecule has 1 aliphatic carbocycles. The molecule has 4 nitrogen and oxygen atoms in total. The Hall–Kier alpha value is -2.75. The standard InChI is InChI=1S/C25H29NO3/c1-4-28-25(27)22-10-6-9-21-19-7-5-8-20(19)23(26-24(21)22)17-11-13-18(14-12-17)29-15-16(2)3/h5-7,9-14,16,19-20,23,26H,4,8,15H2,1-3H3/t19-,20+,23+/m1/s1. The number of fused-ring (bicyclic) bond motifs is 3. The number of carbonyl (C=O) groups is 1. The minimum absolute atomic E-state index is 0.136. The van der Waals surface area contributed by atoms with E-state index in [4.69, 9.17) is 9.47 Å². The monoisotopic (exact) mass is 391 g/mol. The third-order valence-corrected chi connectivity index (χ3v) is 5.71. The summed E-state index contributed by atoms with van der Waals surface area (Å²) in [5, 5.41) is 3.68. The maximum Gasteiger partial charge on any atom is 0.340 e. The molecule has 1 aliphatic heterocycles. The highest BCUT2D eigenvalue weighted by Gasteiger charge is 2.39. The number of allylic oxidation sites excluding steroid dienone is 2. The summed E-state index contributed by atoms with van der Waals surface area (Å²) in [4.78, 5) is 12.5. The summed E-state index contributed by atoms with van der Waals surface area (Å²) in [6.45, 7) is 7.21. The van der Waals surface area contributed by atoms with Gasteiger partial charge in [-0.15, -0.1) is 0 Å². The molecule has 0 saturated heterocycles. The van der Waals surface area contributed by atoms with Crippen molar-refractivity contribution < 1.29 is 14.3 Å². The molecule has 3 atom stereocenters. The van der Waals surface area contributed by atoms with E-state index in [1.54, 1.807) is 0 Å². The number of ether oxygens (including phenoxy) is 2. The zero-order valence-electron chi connectivity index (χ0n) is 17.4. The molecule has 0 radical (unpaired) electrons. The molecule has 0 unspecified atom stereocenters. The van der Waals surface area contributed by atoms with Gasteiger partial charge in [-0.1, -0.05) is 50.3 Å². The van der Waals surface area contributed by atoms with Crippen LogP contribution in [-0.4, -0.2) is 19.2 Å². The van der Waals surface area contributed by atoms with E-state index in [1.165, 1.54) is 11.1 Å². The van der Waals surface area contributed by atoms with Gasteiger partial charge in [-0.05, 0) is 54.5 Å². The number of anilines is 1. The maximum atomic E-state index is 12.5. The van der Waals surface area contributed by atoms with Crippen molar-refractivity contribution in [1.82, 2.24) is 0 Å². The zero-order chi connectivity index (χ0) is 20.4. The van der Waals surface area contributed by atoms with Crippen molar-refractivity contribution in [2.24, 2.45) is 11.8 Å². The first kappa shape index (κ1) is 19.6. The number of benzene rings is 2. The van der Waals surface area contributed by atoms with Gasteiger partial charge < -0.3 is 14.8 Å². The van der Waals surface area contributed by atoms with E-state index < -0.39 is 0 Å². The van der Waals surface area contributed by atoms with Gasteiger partial charge in [-0.3, -0.25) is 0 Å². The lowest BCUT2D eigenvalue weighted by Crippen LogP contribution is -2.30. The third kappa shape index (κ3) is 3.89. The number of carbonyl (C=O) groups excluding carboxylic acids is 1. The molecule has 0 aromatic heterocycles. The molecule has 0 amide bonds. The third-order valence-electron chi connectivity index (χ3n) is 5.71. The highest BCUT2D eigenvalue weighted by atomic mass is 16.5. The number of rotatable bonds is 6. The summed E-state index contributed by atoms with van der Waals surface area (Å²) in [5.74, 6) is 1.86. The highest BCUT2D eigenvalue weighted by Crippen LogP contribution is 2.50. The van der Waals surface area contributed by atoms with Crippen LogP contribution in [0, 0.1) is 11.8 Å². The number of hydrogen-bond donors (Lipinski definition) is 1. The van der Waals surface area contributed by atoms with Gasteiger partial charge in [0, 0.05) is 5.92 Å². The van der Waals surface area contributed by atoms with Crippen LogP contribution in [-0.2, 0) is 4.74 Å². The van der Waals surface area contributed by atoms with Crippen LogP contribution < -0.4 is 10.1 Å². The Morgan fingerprint density at radius 3 is 2.69 bits per heavy atom. The lowest BCUT2D eigenvalue weighted by Gasteiger charge is -2.38. The highest BCUT2D eigenvalue weighted by molar-refractivity contribution is 5.97. The zero-order valence-corrected chi connectivity index (χ0v) is 17.4. The molecule has 0 fully saturated rings. The molecule has 1 heterocycles. The average molecular weight is 392 g/mol. The van der Waals surface area contributed by atoms with Crippen LogP contribution in [0.25, 0.3) is 0 Å². The first-order chi connectivity index (χ1) is 14.1. The molecule has 4 heteroatoms. The van der Waals surface area contributed by atoms with Crippen molar-refractivity contribution in [3.8, 4) is 5.75 Å². The molecular weight excluding hydrogens is 362 g/mol. The Morgan fingerprint density at radius 2 is 1.97 bits per heavy atom. The summed E-state index contributed by atoms with van der Waals surface area (Å²) in [6, 6.07) is 14.4. The second-order valence-corrected chi connectivity index (χ2v) is 8.24. The van der Waals surface area contributed by atoms with Crippen molar-refractivity contribution in [1.29, 1.82) is 0 Å². The second-order valence-electron chi connectivity index (χ2n) is 8.24. The summed E-state index contributed by atoms with van der Waals surface area (Å²) in [7, 11) is 0. The Kier molecular flexibility index (Phi) is 5.61. The topological polar surface area (TPSA) is 47.6 Å². The first-order valence-corrected chi connectivity index (χ1v) is 10.5. The Morgan fingerprint density at radius 1 is 1.17 bits per heavy atom. The van der Waals surface area contributed by atoms with E-state index in [1.807, 2.05) is 31.2 Å². The fourth-order valence-corrected chi connectivity index (χ4v) is 4.36. The van der Waals surface area contributed by atoms with Gasteiger partial charge in [0.15, 0.2) is 0 Å². The molecular formula is C25H29NO3. The van der Waals surface area contributed by atoms with E-state index in [0.29, 0.717) is 36.5 Å². The van der Waals surface area contributed by atoms with Gasteiger partial charge in [0.2, 0.25) is 0 Å². The lowest BCUT2D eigenvalue weighted by molar-refractivity contribution is 0.0527. The Bertz CT molecular complexity index is 901. The minimum Gasteiger partial charge on any atom is -0.493 e. The van der Waals surface area contributed by atoms with E-state index in [0.717, 1.165) is 17.9 Å². The largest absolute Gasteiger partial charge is 0.493 e. The SMILES string of the molecule is CCOC(=O)c1cccc2c1N[C@@H](c1ccc(OCC(C)C)cc1)[C@H]1CC=C[C@@H]21. The van der Waals surface area contributed by atoms with Gasteiger partial charge in [0.05, 0.1) is 30.5 Å². The summed E-state index contributed by atoms with van der Waals surface area (Å²) in [6.07, 6.45) is 5.57. The van der Waals surface area contributed by atoms with Crippen molar-refractivity contribution in [2.75, 3.05) is 18.5 Å². The van der Waals surface area contributed by atoms with E-state index in [-0.39, 0.29) is 12.0 Å². The molecule has 0 spiro atoms. The van der Waals surface area contributed by atoms with Crippen LogP contribution in [0.5, 0.6) is 5.75 Å². The van der Waals surface area contributed by atoms with Gasteiger partial charge in [-0.2, -0.15) is 0 Å². The molecule has 0 bridgehead atoms. The number of esters is 1. The van der Waals surface area contributed by atoms with Crippen LogP contribution in [0.15, 0.2) is 54.6 Å². The van der Waals surface area contributed by atoms with Crippen LogP contribution in [0.3, 0.4) is 0 Å². The molecule has 152 valence electrons. The summed E-state index contributed by atoms with van der Waals surface area (Å²) < 4.78 is 11.1. The van der Waals surface area contributed by atoms with Crippen molar-refractivity contribution in [3.63, 3.8) is 0 Å². The smallest absolute Gasteiger partial charge is 0.340 e. The molecule has 2 aromatic carbocycles. The van der Waals surface area contributed by atoms with Crippen LogP contribution in [0.2, 0.25) is 0 Å². The van der Waals surface area contributed by atoms with Crippen molar-refractivity contribution in [2.45, 2.75) is 39.2 Å². The van der Waals surface area contributed by atoms with Gasteiger partial charge in [-0.25, -0.2) is 4.79 Å². The van der Waals surface area contributed by atoms with E-state index >= 15 is 0 Å². The second kappa shape index (κ2) is 8.32. The normalized spacial score (nSPS) is 22.0. The van der Waals surface area contributed by atoms with E-state index in [9.17, 15) is 4.79 Å². The molecule has 1 N–H and O–H groups in total. The molecule has 4 rings (SSSR count). The number of nitrogens with one attached hydrogen (secondary N) is 1. The predicted octanol–water partition coefficient (Wildman–Crippen LogP) is 5.72. The fraction of sp³-hybridized carbons (Fsp3) is 0.400. The Balaban J connectivity index is 1.65. The maximum absolute atomic E-state index is 12.5. The summed E-state index contributed by atoms with van der Waals surface area (Å²) >= 11 is 0. The molecule has 2 aliphatic rings. The van der Waals surface area contributed by atoms with Crippen molar-refractivity contribution >= 4 is 11.7 Å².